The summed E-state index contributed by atoms with van der Waals surface area (Å²) < 4.78 is 4.84. The molecule has 0 fully saturated rings. The highest BCUT2D eigenvalue weighted by Crippen LogP contribution is 2.43. The summed E-state index contributed by atoms with van der Waals surface area (Å²) in [5.74, 6) is 0. The smallest absolute Gasteiger partial charge is 0.0541 e. The Morgan fingerprint density at radius 3 is 1.16 bits per heavy atom. The molecule has 0 N–H and O–H groups in total. The number of aryl methyl sites for hydroxylation is 2. The fraction of sp³-hybridized carbons (Fsp3) is 0.127. The zero-order valence-corrected chi connectivity index (χ0v) is 32.6. The minimum atomic E-state index is 0.971. The van der Waals surface area contributed by atoms with E-state index in [1.807, 2.05) is 0 Å². The summed E-state index contributed by atoms with van der Waals surface area (Å²) in [7, 11) is 0. The van der Waals surface area contributed by atoms with Crippen molar-refractivity contribution in [3.8, 4) is 44.8 Å². The second-order valence-electron chi connectivity index (χ2n) is 15.9. The van der Waals surface area contributed by atoms with E-state index in [4.69, 9.17) is 0 Å². The topological polar surface area (TPSA) is 9.86 Å². The largest absolute Gasteiger partial charge is 0.309 e. The van der Waals surface area contributed by atoms with Gasteiger partial charge in [0.25, 0.3) is 0 Å². The third-order valence-corrected chi connectivity index (χ3v) is 12.3. The van der Waals surface area contributed by atoms with E-state index in [0.29, 0.717) is 0 Å². The molecule has 8 aromatic carbocycles. The number of hydrogen-bond acceptors (Lipinski definition) is 0. The Bertz CT molecular complexity index is 2950. The molecule has 274 valence electrons. The lowest BCUT2D eigenvalue weighted by Crippen LogP contribution is -1.93. The van der Waals surface area contributed by atoms with Gasteiger partial charge in [-0.3, -0.25) is 0 Å². The number of nitrogens with zero attached hydrogens (tertiary/aromatic N) is 2. The van der Waals surface area contributed by atoms with Crippen molar-refractivity contribution in [2.75, 3.05) is 0 Å². The van der Waals surface area contributed by atoms with Crippen molar-refractivity contribution in [2.24, 2.45) is 0 Å². The average Bonchev–Trinajstić information content (AvgIpc) is 3.90. The lowest BCUT2D eigenvalue weighted by molar-refractivity contribution is 0.923. The Kier molecular flexibility index (Phi) is 8.00. The Hall–Kier alpha value is -6.64. The first-order chi connectivity index (χ1) is 28.1. The second kappa shape index (κ2) is 13.5. The molecule has 1 aliphatic carbocycles. The normalized spacial score (nSPS) is 12.2. The number of fused-ring (bicyclic) bond motifs is 9. The Morgan fingerprint density at radius 2 is 0.737 bits per heavy atom. The van der Waals surface area contributed by atoms with Gasteiger partial charge in [-0.15, -0.1) is 0 Å². The van der Waals surface area contributed by atoms with Crippen molar-refractivity contribution in [2.45, 2.75) is 46.0 Å². The molecule has 0 saturated heterocycles. The van der Waals surface area contributed by atoms with Crippen LogP contribution in [0.2, 0.25) is 0 Å². The quantitative estimate of drug-likeness (QED) is 0.147. The molecular formula is C55H44N2. The van der Waals surface area contributed by atoms with E-state index < -0.39 is 0 Å². The van der Waals surface area contributed by atoms with Gasteiger partial charge in [0, 0.05) is 32.9 Å². The molecule has 2 heteroatoms. The second-order valence-corrected chi connectivity index (χ2v) is 15.9. The van der Waals surface area contributed by atoms with Crippen LogP contribution < -0.4 is 0 Å². The van der Waals surface area contributed by atoms with Crippen LogP contribution in [0.15, 0.2) is 170 Å². The van der Waals surface area contributed by atoms with Crippen LogP contribution in [0.3, 0.4) is 0 Å². The molecule has 11 rings (SSSR count). The molecule has 2 heterocycles. The van der Waals surface area contributed by atoms with Gasteiger partial charge in [-0.2, -0.15) is 0 Å². The molecule has 0 radical (unpaired) electrons. The van der Waals surface area contributed by atoms with Gasteiger partial charge in [0.1, 0.15) is 0 Å². The molecule has 0 aliphatic heterocycles. The summed E-state index contributed by atoms with van der Waals surface area (Å²) >= 11 is 0. The lowest BCUT2D eigenvalue weighted by Gasteiger charge is -2.10. The maximum atomic E-state index is 2.44. The van der Waals surface area contributed by atoms with Gasteiger partial charge in [0.15, 0.2) is 0 Å². The van der Waals surface area contributed by atoms with Gasteiger partial charge >= 0.3 is 0 Å². The number of para-hydroxylation sites is 2. The maximum Gasteiger partial charge on any atom is 0.0541 e. The van der Waals surface area contributed by atoms with Crippen LogP contribution in [0, 0.1) is 0 Å². The fourth-order valence-electron chi connectivity index (χ4n) is 9.63. The van der Waals surface area contributed by atoms with Crippen LogP contribution in [-0.2, 0) is 19.3 Å². The van der Waals surface area contributed by atoms with Gasteiger partial charge in [-0.1, -0.05) is 112 Å². The summed E-state index contributed by atoms with van der Waals surface area (Å²) in [6, 6.07) is 64.0. The Labute approximate surface area is 334 Å². The van der Waals surface area contributed by atoms with Crippen molar-refractivity contribution in [3.05, 3.63) is 192 Å². The van der Waals surface area contributed by atoms with E-state index in [1.165, 1.54) is 111 Å². The van der Waals surface area contributed by atoms with Gasteiger partial charge in [-0.25, -0.2) is 0 Å². The highest BCUT2D eigenvalue weighted by molar-refractivity contribution is 6.12. The van der Waals surface area contributed by atoms with E-state index in [1.54, 1.807) is 0 Å². The van der Waals surface area contributed by atoms with Crippen molar-refractivity contribution in [3.63, 3.8) is 0 Å². The first-order valence-electron chi connectivity index (χ1n) is 20.7. The van der Waals surface area contributed by atoms with Crippen LogP contribution in [0.5, 0.6) is 0 Å². The number of hydrogen-bond donors (Lipinski definition) is 0. The Morgan fingerprint density at radius 1 is 0.368 bits per heavy atom. The average molecular weight is 733 g/mol. The van der Waals surface area contributed by atoms with Gasteiger partial charge < -0.3 is 9.13 Å². The lowest BCUT2D eigenvalue weighted by atomic mass is 9.95. The van der Waals surface area contributed by atoms with Crippen LogP contribution >= 0.6 is 0 Å². The first-order valence-corrected chi connectivity index (χ1v) is 20.7. The van der Waals surface area contributed by atoms with E-state index in [-0.39, 0.29) is 0 Å². The summed E-state index contributed by atoms with van der Waals surface area (Å²) in [4.78, 5) is 0. The van der Waals surface area contributed by atoms with E-state index in [2.05, 4.69) is 193 Å². The molecule has 0 bridgehead atoms. The van der Waals surface area contributed by atoms with Crippen molar-refractivity contribution < 1.29 is 0 Å². The summed E-state index contributed by atoms with van der Waals surface area (Å²) in [5.41, 5.74) is 20.7. The van der Waals surface area contributed by atoms with E-state index in [0.717, 1.165) is 32.1 Å². The maximum absolute atomic E-state index is 2.44. The number of benzene rings is 8. The van der Waals surface area contributed by atoms with E-state index >= 15 is 0 Å². The molecule has 0 unspecified atom stereocenters. The molecule has 0 saturated carbocycles. The van der Waals surface area contributed by atoms with Crippen molar-refractivity contribution >= 4 is 43.6 Å². The molecule has 0 atom stereocenters. The third kappa shape index (κ3) is 5.54. The zero-order chi connectivity index (χ0) is 38.0. The highest BCUT2D eigenvalue weighted by Gasteiger charge is 2.22. The molecule has 2 nitrogen and oxygen atoms in total. The highest BCUT2D eigenvalue weighted by atomic mass is 15.0. The summed E-state index contributed by atoms with van der Waals surface area (Å²) in [5, 5.41) is 5.25. The molecule has 0 spiro atoms. The minimum Gasteiger partial charge on any atom is -0.309 e. The summed E-state index contributed by atoms with van der Waals surface area (Å²) in [6.07, 6.45) is 5.42. The first kappa shape index (κ1) is 33.7. The van der Waals surface area contributed by atoms with Crippen molar-refractivity contribution in [1.29, 1.82) is 0 Å². The minimum absolute atomic E-state index is 0.971. The van der Waals surface area contributed by atoms with Gasteiger partial charge in [0.2, 0.25) is 0 Å². The van der Waals surface area contributed by atoms with Crippen molar-refractivity contribution in [1.82, 2.24) is 9.13 Å². The summed E-state index contributed by atoms with van der Waals surface area (Å²) in [6.45, 7) is 4.52. The van der Waals surface area contributed by atoms with E-state index in [9.17, 15) is 0 Å². The molecule has 2 aromatic heterocycles. The fourth-order valence-corrected chi connectivity index (χ4v) is 9.63. The number of aromatic nitrogens is 2. The predicted octanol–water partition coefficient (Wildman–Crippen LogP) is 14.7. The zero-order valence-electron chi connectivity index (χ0n) is 32.6. The van der Waals surface area contributed by atoms with Gasteiger partial charge in [-0.05, 0) is 160 Å². The van der Waals surface area contributed by atoms with Crippen LogP contribution in [0.4, 0.5) is 0 Å². The SMILES string of the molecule is CCCc1ccc2c(c1)c1cc(-c3ccc4c(c3)-c3cc(-c5ccc6c(c5)c5cc(CCC)ccc5n6-c5ccccc5)ccc3C4)ccc1n2-c1ccccc1. The van der Waals surface area contributed by atoms with Crippen LogP contribution in [0.1, 0.15) is 48.9 Å². The van der Waals surface area contributed by atoms with Gasteiger partial charge in [0.05, 0.1) is 22.1 Å². The molecular weight excluding hydrogens is 689 g/mol. The standard InChI is InChI=1S/C55H44N2/c1-3-11-36-17-25-52-48(29-36)50-34-40(23-27-54(50)56(52)44-13-7-5-8-14-44)38-19-21-42-31-43-22-20-39(33-47(43)46(42)32-38)41-24-28-55-51(35-41)49-30-37(12-4-2)18-26-53(49)57(55)45-15-9-6-10-16-45/h5-10,13-30,32-35H,3-4,11-12,31H2,1-2H3. The monoisotopic (exact) mass is 732 g/mol. The molecule has 10 aromatic rings. The molecule has 1 aliphatic rings. The number of rotatable bonds is 8. The molecule has 0 amide bonds. The molecule has 57 heavy (non-hydrogen) atoms. The third-order valence-electron chi connectivity index (χ3n) is 12.3. The van der Waals surface area contributed by atoms with Crippen LogP contribution in [0.25, 0.3) is 88.4 Å². The predicted molar refractivity (Wildman–Crippen MR) is 242 cm³/mol. The Balaban J connectivity index is 1.01. The van der Waals surface area contributed by atoms with Crippen LogP contribution in [-0.4, -0.2) is 9.13 Å².